The van der Waals surface area contributed by atoms with E-state index in [1.165, 1.54) is 4.90 Å². The minimum atomic E-state index is -0.123. The van der Waals surface area contributed by atoms with E-state index >= 15 is 0 Å². The number of aliphatic imine (C=N–C) groups is 1. The fourth-order valence-electron chi connectivity index (χ4n) is 4.56. The molecule has 0 radical (unpaired) electrons. The summed E-state index contributed by atoms with van der Waals surface area (Å²) in [5.41, 5.74) is 0.958. The van der Waals surface area contributed by atoms with Crippen molar-refractivity contribution in [2.75, 3.05) is 19.6 Å². The van der Waals surface area contributed by atoms with Gasteiger partial charge in [0.05, 0.1) is 29.1 Å². The Hall–Kier alpha value is -2.22. The molecule has 2 N–H and O–H groups in total. The standard InChI is InChI=1S/C20H27N5O2S/c1-3-15-24-14(11-28-15)10-23-20(21-4-2)22-7-8-25-18(26)16-12-5-6-13(9-12)17(16)19(25)27/h5-6,11-13,16-17H,3-4,7-10H2,1-2H3,(H2,21,22,23). The fraction of sp³-hybridized carbons (Fsp3) is 0.600. The lowest BCUT2D eigenvalue weighted by molar-refractivity contribution is -0.140. The summed E-state index contributed by atoms with van der Waals surface area (Å²) in [5.74, 6) is 0.956. The quantitative estimate of drug-likeness (QED) is 0.313. The highest BCUT2D eigenvalue weighted by atomic mass is 32.1. The van der Waals surface area contributed by atoms with Crippen molar-refractivity contribution in [3.05, 3.63) is 28.2 Å². The van der Waals surface area contributed by atoms with Crippen LogP contribution in [0.4, 0.5) is 0 Å². The Kier molecular flexibility index (Phi) is 5.48. The van der Waals surface area contributed by atoms with Crippen LogP contribution in [-0.4, -0.2) is 47.3 Å². The van der Waals surface area contributed by atoms with Crippen LogP contribution in [0.2, 0.25) is 0 Å². The van der Waals surface area contributed by atoms with Gasteiger partial charge in [0, 0.05) is 25.0 Å². The van der Waals surface area contributed by atoms with Crippen LogP contribution in [0.15, 0.2) is 22.5 Å². The molecule has 2 fully saturated rings. The van der Waals surface area contributed by atoms with Gasteiger partial charge < -0.3 is 10.6 Å². The number of aryl methyl sites for hydroxylation is 1. The van der Waals surface area contributed by atoms with Gasteiger partial charge in [0.15, 0.2) is 5.96 Å². The molecule has 7 nitrogen and oxygen atoms in total. The summed E-state index contributed by atoms with van der Waals surface area (Å²) in [4.78, 5) is 36.0. The molecule has 4 unspecified atom stereocenters. The molecule has 3 aliphatic rings. The Balaban J connectivity index is 1.32. The summed E-state index contributed by atoms with van der Waals surface area (Å²) in [5, 5.41) is 9.59. The van der Waals surface area contributed by atoms with Gasteiger partial charge in [0.2, 0.25) is 11.8 Å². The van der Waals surface area contributed by atoms with E-state index in [1.807, 2.05) is 12.3 Å². The van der Waals surface area contributed by atoms with Crippen molar-refractivity contribution in [3.8, 4) is 0 Å². The van der Waals surface area contributed by atoms with Gasteiger partial charge in [-0.25, -0.2) is 9.98 Å². The van der Waals surface area contributed by atoms with Gasteiger partial charge in [-0.2, -0.15) is 0 Å². The molecule has 4 atom stereocenters. The number of aromatic nitrogens is 1. The molecule has 1 saturated heterocycles. The van der Waals surface area contributed by atoms with Gasteiger partial charge in [-0.15, -0.1) is 11.3 Å². The second-order valence-corrected chi connectivity index (χ2v) is 8.48. The highest BCUT2D eigenvalue weighted by Gasteiger charge is 2.58. The molecule has 0 spiro atoms. The topological polar surface area (TPSA) is 86.7 Å². The molecular weight excluding hydrogens is 374 g/mol. The van der Waals surface area contributed by atoms with Crippen molar-refractivity contribution in [3.63, 3.8) is 0 Å². The number of imide groups is 1. The van der Waals surface area contributed by atoms with E-state index in [9.17, 15) is 9.59 Å². The van der Waals surface area contributed by atoms with Crippen molar-refractivity contribution in [2.45, 2.75) is 33.2 Å². The third-order valence-corrected chi connectivity index (χ3v) is 6.88. The average Bonchev–Trinajstić information content (AvgIpc) is 3.46. The molecule has 2 bridgehead atoms. The number of fused-ring (bicyclic) bond motifs is 5. The van der Waals surface area contributed by atoms with Crippen LogP contribution < -0.4 is 10.6 Å². The molecule has 8 heteroatoms. The zero-order chi connectivity index (χ0) is 19.7. The van der Waals surface area contributed by atoms with Crippen molar-refractivity contribution in [2.24, 2.45) is 28.7 Å². The average molecular weight is 402 g/mol. The van der Waals surface area contributed by atoms with E-state index in [0.29, 0.717) is 25.6 Å². The summed E-state index contributed by atoms with van der Waals surface area (Å²) in [6, 6.07) is 0. The van der Waals surface area contributed by atoms with Crippen molar-refractivity contribution in [1.82, 2.24) is 20.5 Å². The number of carbonyl (C=O) groups is 2. The Morgan fingerprint density at radius 2 is 1.93 bits per heavy atom. The Bertz CT molecular complexity index is 787. The van der Waals surface area contributed by atoms with Gasteiger partial charge in [-0.05, 0) is 31.6 Å². The summed E-state index contributed by atoms with van der Waals surface area (Å²) in [6.07, 6.45) is 6.14. The summed E-state index contributed by atoms with van der Waals surface area (Å²) in [6.45, 7) is 6.21. The molecule has 4 rings (SSSR count). The zero-order valence-electron chi connectivity index (χ0n) is 16.4. The molecule has 1 aromatic heterocycles. The molecule has 1 saturated carbocycles. The predicted octanol–water partition coefficient (Wildman–Crippen LogP) is 1.57. The first-order valence-electron chi connectivity index (χ1n) is 10.1. The van der Waals surface area contributed by atoms with Gasteiger partial charge in [0.1, 0.15) is 0 Å². The number of guanidine groups is 1. The molecule has 150 valence electrons. The normalized spacial score (nSPS) is 28.4. The van der Waals surface area contributed by atoms with Crippen LogP contribution in [0, 0.1) is 23.7 Å². The van der Waals surface area contributed by atoms with Crippen LogP contribution in [-0.2, 0) is 22.6 Å². The van der Waals surface area contributed by atoms with E-state index in [1.54, 1.807) is 11.3 Å². The third-order valence-electron chi connectivity index (χ3n) is 5.83. The van der Waals surface area contributed by atoms with Crippen LogP contribution >= 0.6 is 11.3 Å². The van der Waals surface area contributed by atoms with E-state index in [4.69, 9.17) is 0 Å². The van der Waals surface area contributed by atoms with E-state index < -0.39 is 0 Å². The van der Waals surface area contributed by atoms with Crippen LogP contribution in [0.5, 0.6) is 0 Å². The van der Waals surface area contributed by atoms with Gasteiger partial charge in [-0.1, -0.05) is 19.1 Å². The van der Waals surface area contributed by atoms with Crippen LogP contribution in [0.3, 0.4) is 0 Å². The van der Waals surface area contributed by atoms with Gasteiger partial charge >= 0.3 is 0 Å². The summed E-state index contributed by atoms with van der Waals surface area (Å²) < 4.78 is 0. The van der Waals surface area contributed by atoms with E-state index in [2.05, 4.69) is 39.7 Å². The number of carbonyl (C=O) groups excluding carboxylic acids is 2. The molecule has 2 amide bonds. The third kappa shape index (κ3) is 3.45. The number of rotatable bonds is 7. The largest absolute Gasteiger partial charge is 0.357 e. The van der Waals surface area contributed by atoms with Gasteiger partial charge in [-0.3, -0.25) is 14.5 Å². The minimum absolute atomic E-state index is 0.00478. The van der Waals surface area contributed by atoms with Crippen LogP contribution in [0.25, 0.3) is 0 Å². The van der Waals surface area contributed by atoms with E-state index in [-0.39, 0.29) is 35.5 Å². The Morgan fingerprint density at radius 1 is 1.21 bits per heavy atom. The van der Waals surface area contributed by atoms with E-state index in [0.717, 1.165) is 30.1 Å². The van der Waals surface area contributed by atoms with Gasteiger partial charge in [0.25, 0.3) is 0 Å². The first kappa shape index (κ1) is 19.1. The second-order valence-electron chi connectivity index (χ2n) is 7.54. The Morgan fingerprint density at radius 3 is 2.54 bits per heavy atom. The fourth-order valence-corrected chi connectivity index (χ4v) is 5.29. The molecule has 0 aromatic carbocycles. The maximum atomic E-state index is 12.7. The SMILES string of the molecule is CCNC(=NCc1csc(CC)n1)NCCN1C(=O)C2C3C=CC(C3)C2C1=O. The molecule has 28 heavy (non-hydrogen) atoms. The van der Waals surface area contributed by atoms with Crippen molar-refractivity contribution < 1.29 is 9.59 Å². The summed E-state index contributed by atoms with van der Waals surface area (Å²) >= 11 is 1.66. The highest BCUT2D eigenvalue weighted by molar-refractivity contribution is 7.09. The van der Waals surface area contributed by atoms with Crippen molar-refractivity contribution >= 4 is 29.1 Å². The number of hydrogen-bond donors (Lipinski definition) is 2. The maximum Gasteiger partial charge on any atom is 0.233 e. The number of nitrogens with one attached hydrogen (secondary N) is 2. The number of likely N-dealkylation sites (tertiary alicyclic amines) is 1. The monoisotopic (exact) mass is 401 g/mol. The molecule has 1 aliphatic heterocycles. The second kappa shape index (κ2) is 8.03. The van der Waals surface area contributed by atoms with Crippen molar-refractivity contribution in [1.29, 1.82) is 0 Å². The number of amides is 2. The lowest BCUT2D eigenvalue weighted by atomic mass is 9.85. The summed E-state index contributed by atoms with van der Waals surface area (Å²) in [7, 11) is 0. The zero-order valence-corrected chi connectivity index (χ0v) is 17.2. The number of thiazole rings is 1. The highest BCUT2D eigenvalue weighted by Crippen LogP contribution is 2.52. The lowest BCUT2D eigenvalue weighted by Gasteiger charge is -2.18. The number of nitrogens with zero attached hydrogens (tertiary/aromatic N) is 3. The number of hydrogen-bond acceptors (Lipinski definition) is 5. The minimum Gasteiger partial charge on any atom is -0.357 e. The molecule has 2 heterocycles. The first-order chi connectivity index (χ1) is 13.6. The number of allylic oxidation sites excluding steroid dienone is 2. The first-order valence-corrected chi connectivity index (χ1v) is 11.0. The Labute approximate surface area is 169 Å². The maximum absolute atomic E-state index is 12.7. The molecular formula is C20H27N5O2S. The lowest BCUT2D eigenvalue weighted by Crippen LogP contribution is -2.43. The molecule has 1 aromatic rings. The smallest absolute Gasteiger partial charge is 0.233 e. The predicted molar refractivity (Wildman–Crippen MR) is 109 cm³/mol. The molecule has 2 aliphatic carbocycles. The van der Waals surface area contributed by atoms with Crippen LogP contribution in [0.1, 0.15) is 31.0 Å².